The molecule has 1 aliphatic rings. The van der Waals surface area contributed by atoms with Gasteiger partial charge < -0.3 is 10.2 Å². The zero-order valence-corrected chi connectivity index (χ0v) is 28.0. The maximum absolute atomic E-state index is 14.6. The zero-order valence-electron chi connectivity index (χ0n) is 25.7. The molecule has 1 unspecified atom stereocenters. The number of nitrogens with one attached hydrogen (secondary N) is 1. The molecule has 11 heteroatoms. The highest BCUT2D eigenvalue weighted by atomic mass is 35.5. The number of carbonyl (C=O) groups is 2. The van der Waals surface area contributed by atoms with Crippen LogP contribution in [-0.2, 0) is 32.6 Å². The standard InChI is InChI=1S/C36H36Cl2FN3O4S/c37-28-21-29(38)23-32(22-28)42(47(45,46)33-14-8-3-9-15-33)25-35(43)41(24-27-16-18-30(39)19-17-27)34(20-26-10-4-1-5-11-26)36(44)40-31-12-6-2-7-13-31/h1,3-5,8-11,14-19,21-23,31,34H,2,6-7,12-13,20,24-25H2,(H,40,44). The quantitative estimate of drug-likeness (QED) is 0.167. The summed E-state index contributed by atoms with van der Waals surface area (Å²) in [5.74, 6) is -1.41. The first-order valence-corrected chi connectivity index (χ1v) is 17.7. The first kappa shape index (κ1) is 34.4. The molecular formula is C36H36Cl2FN3O4S. The van der Waals surface area contributed by atoms with Gasteiger partial charge in [-0.3, -0.25) is 13.9 Å². The van der Waals surface area contributed by atoms with E-state index in [0.717, 1.165) is 42.0 Å². The summed E-state index contributed by atoms with van der Waals surface area (Å²) in [6.07, 6.45) is 4.97. The number of hydrogen-bond acceptors (Lipinski definition) is 4. The number of carbonyl (C=O) groups excluding carboxylic acids is 2. The third kappa shape index (κ3) is 9.12. The van der Waals surface area contributed by atoms with Crippen LogP contribution in [0.2, 0.25) is 10.0 Å². The molecule has 1 saturated carbocycles. The van der Waals surface area contributed by atoms with Gasteiger partial charge in [-0.25, -0.2) is 12.8 Å². The molecule has 0 aliphatic heterocycles. The smallest absolute Gasteiger partial charge is 0.264 e. The zero-order chi connectivity index (χ0) is 33.4. The van der Waals surface area contributed by atoms with Crippen molar-refractivity contribution >= 4 is 50.7 Å². The van der Waals surface area contributed by atoms with E-state index in [1.165, 1.54) is 47.4 Å². The lowest BCUT2D eigenvalue weighted by molar-refractivity contribution is -0.140. The summed E-state index contributed by atoms with van der Waals surface area (Å²) in [5.41, 5.74) is 1.49. The Morgan fingerprint density at radius 1 is 0.809 bits per heavy atom. The Bertz CT molecular complexity index is 1750. The molecule has 0 aromatic heterocycles. The fourth-order valence-electron chi connectivity index (χ4n) is 5.82. The lowest BCUT2D eigenvalue weighted by Gasteiger charge is -2.35. The normalized spacial score (nSPS) is 14.3. The maximum Gasteiger partial charge on any atom is 0.264 e. The first-order chi connectivity index (χ1) is 22.6. The molecule has 0 bridgehead atoms. The maximum atomic E-state index is 14.6. The molecule has 0 saturated heterocycles. The Morgan fingerprint density at radius 2 is 1.40 bits per heavy atom. The second-order valence-electron chi connectivity index (χ2n) is 11.6. The van der Waals surface area contributed by atoms with Gasteiger partial charge in [0.05, 0.1) is 10.6 Å². The van der Waals surface area contributed by atoms with Crippen LogP contribution in [0.1, 0.15) is 43.2 Å². The van der Waals surface area contributed by atoms with Crippen LogP contribution in [-0.4, -0.2) is 43.8 Å². The highest BCUT2D eigenvalue weighted by Crippen LogP contribution is 2.30. The summed E-state index contributed by atoms with van der Waals surface area (Å²) in [6, 6.07) is 26.0. The van der Waals surface area contributed by atoms with Crippen molar-refractivity contribution in [2.24, 2.45) is 0 Å². The molecule has 2 amide bonds. The second-order valence-corrected chi connectivity index (χ2v) is 14.4. The SMILES string of the molecule is O=C(NC1CCCCC1)C(Cc1ccccc1)N(Cc1ccc(F)cc1)C(=O)CN(c1cc(Cl)cc(Cl)c1)S(=O)(=O)c1ccccc1. The summed E-state index contributed by atoms with van der Waals surface area (Å²) in [4.78, 5) is 30.1. The summed E-state index contributed by atoms with van der Waals surface area (Å²) < 4.78 is 43.1. The van der Waals surface area contributed by atoms with E-state index in [-0.39, 0.29) is 45.5 Å². The average molecular weight is 697 g/mol. The summed E-state index contributed by atoms with van der Waals surface area (Å²) in [6.45, 7) is -0.721. The Hall–Kier alpha value is -3.92. The van der Waals surface area contributed by atoms with Crippen LogP contribution in [0.3, 0.4) is 0 Å². The molecule has 7 nitrogen and oxygen atoms in total. The minimum atomic E-state index is -4.30. The van der Waals surface area contributed by atoms with Gasteiger partial charge in [-0.2, -0.15) is 0 Å². The van der Waals surface area contributed by atoms with E-state index < -0.39 is 34.3 Å². The molecule has 1 fully saturated rings. The lowest BCUT2D eigenvalue weighted by atomic mass is 9.94. The minimum absolute atomic E-state index is 0.0270. The van der Waals surface area contributed by atoms with Crippen molar-refractivity contribution < 1.29 is 22.4 Å². The van der Waals surface area contributed by atoms with E-state index in [1.54, 1.807) is 30.3 Å². The summed E-state index contributed by atoms with van der Waals surface area (Å²) in [5, 5.41) is 3.54. The van der Waals surface area contributed by atoms with Gasteiger partial charge in [0.25, 0.3) is 10.0 Å². The molecule has 1 aliphatic carbocycles. The second kappa shape index (κ2) is 15.8. The summed E-state index contributed by atoms with van der Waals surface area (Å²) >= 11 is 12.6. The Kier molecular flexibility index (Phi) is 11.6. The first-order valence-electron chi connectivity index (χ1n) is 15.5. The third-order valence-corrected chi connectivity index (χ3v) is 10.5. The molecular weight excluding hydrogens is 660 g/mol. The van der Waals surface area contributed by atoms with Crippen molar-refractivity contribution in [3.05, 3.63) is 130 Å². The average Bonchev–Trinajstić information content (AvgIpc) is 3.06. The molecule has 1 N–H and O–H groups in total. The summed E-state index contributed by atoms with van der Waals surface area (Å²) in [7, 11) is -4.30. The van der Waals surface area contributed by atoms with E-state index in [0.29, 0.717) is 5.56 Å². The lowest BCUT2D eigenvalue weighted by Crippen LogP contribution is -2.55. The molecule has 0 heterocycles. The molecule has 246 valence electrons. The van der Waals surface area contributed by atoms with Crippen molar-refractivity contribution in [1.29, 1.82) is 0 Å². The van der Waals surface area contributed by atoms with E-state index >= 15 is 0 Å². The number of halogens is 3. The molecule has 5 rings (SSSR count). The number of rotatable bonds is 12. The van der Waals surface area contributed by atoms with Gasteiger partial charge in [0, 0.05) is 29.1 Å². The molecule has 47 heavy (non-hydrogen) atoms. The van der Waals surface area contributed by atoms with Gasteiger partial charge in [0.15, 0.2) is 0 Å². The fraction of sp³-hybridized carbons (Fsp3) is 0.278. The largest absolute Gasteiger partial charge is 0.352 e. The van der Waals surface area contributed by atoms with Crippen molar-refractivity contribution in [3.63, 3.8) is 0 Å². The monoisotopic (exact) mass is 695 g/mol. The third-order valence-electron chi connectivity index (χ3n) is 8.23. The highest BCUT2D eigenvalue weighted by Gasteiger charge is 2.35. The van der Waals surface area contributed by atoms with Gasteiger partial charge in [-0.1, -0.05) is 103 Å². The molecule has 4 aromatic carbocycles. The van der Waals surface area contributed by atoms with E-state index in [1.807, 2.05) is 30.3 Å². The predicted molar refractivity (Wildman–Crippen MR) is 183 cm³/mol. The van der Waals surface area contributed by atoms with Crippen molar-refractivity contribution in [2.45, 2.75) is 62.0 Å². The van der Waals surface area contributed by atoms with Gasteiger partial charge in [0.1, 0.15) is 18.4 Å². The van der Waals surface area contributed by atoms with Crippen molar-refractivity contribution in [3.8, 4) is 0 Å². The van der Waals surface area contributed by atoms with Gasteiger partial charge in [-0.05, 0) is 66.4 Å². The number of anilines is 1. The topological polar surface area (TPSA) is 86.8 Å². The van der Waals surface area contributed by atoms with Crippen LogP contribution in [0, 0.1) is 5.82 Å². The van der Waals surface area contributed by atoms with Crippen molar-refractivity contribution in [2.75, 3.05) is 10.8 Å². The Labute approximate surface area is 285 Å². The number of amides is 2. The van der Waals surface area contributed by atoms with Crippen LogP contribution in [0.4, 0.5) is 10.1 Å². The van der Waals surface area contributed by atoms with Crippen LogP contribution < -0.4 is 9.62 Å². The van der Waals surface area contributed by atoms with Gasteiger partial charge in [-0.15, -0.1) is 0 Å². The van der Waals surface area contributed by atoms with Crippen molar-refractivity contribution in [1.82, 2.24) is 10.2 Å². The number of nitrogens with zero attached hydrogens (tertiary/aromatic N) is 2. The Morgan fingerprint density at radius 3 is 2.02 bits per heavy atom. The van der Waals surface area contributed by atoms with E-state index in [2.05, 4.69) is 5.32 Å². The van der Waals surface area contributed by atoms with Crippen LogP contribution in [0.15, 0.2) is 108 Å². The Balaban J connectivity index is 1.57. The minimum Gasteiger partial charge on any atom is -0.352 e. The van der Waals surface area contributed by atoms with E-state index in [9.17, 15) is 22.4 Å². The number of sulfonamides is 1. The molecule has 1 atom stereocenters. The van der Waals surface area contributed by atoms with Crippen LogP contribution in [0.5, 0.6) is 0 Å². The molecule has 0 radical (unpaired) electrons. The molecule has 0 spiro atoms. The van der Waals surface area contributed by atoms with E-state index in [4.69, 9.17) is 23.2 Å². The highest BCUT2D eigenvalue weighted by molar-refractivity contribution is 7.92. The van der Waals surface area contributed by atoms with Gasteiger partial charge in [0.2, 0.25) is 11.8 Å². The fourth-order valence-corrected chi connectivity index (χ4v) is 7.75. The molecule has 4 aromatic rings. The van der Waals surface area contributed by atoms with Crippen LogP contribution in [0.25, 0.3) is 0 Å². The number of benzene rings is 4. The predicted octanol–water partition coefficient (Wildman–Crippen LogP) is 7.42. The number of hydrogen-bond donors (Lipinski definition) is 1. The van der Waals surface area contributed by atoms with Crippen LogP contribution >= 0.6 is 23.2 Å². The van der Waals surface area contributed by atoms with Gasteiger partial charge >= 0.3 is 0 Å².